The number of nitrogens with zero attached hydrogens (tertiary/aromatic N) is 3. The number of β-amino-alcohol motifs (C(OH)–C–C–N with tert-alkyl or cyclic N) is 1. The highest BCUT2D eigenvalue weighted by Crippen LogP contribution is 2.47. The summed E-state index contributed by atoms with van der Waals surface area (Å²) in [6.45, 7) is 9.08. The number of benzene rings is 5. The van der Waals surface area contributed by atoms with E-state index in [0.29, 0.717) is 28.4 Å². The Bertz CT molecular complexity index is 3110. The summed E-state index contributed by atoms with van der Waals surface area (Å²) in [5, 5.41) is 41.3. The third kappa shape index (κ3) is 12.9. The van der Waals surface area contributed by atoms with Crippen molar-refractivity contribution < 1.29 is 48.7 Å². The van der Waals surface area contributed by atoms with Gasteiger partial charge in [0, 0.05) is 28.6 Å². The van der Waals surface area contributed by atoms with Gasteiger partial charge in [0.05, 0.1) is 45.9 Å². The van der Waals surface area contributed by atoms with Crippen LogP contribution in [0.1, 0.15) is 67.3 Å². The second-order valence-electron chi connectivity index (χ2n) is 18.7. The van der Waals surface area contributed by atoms with Gasteiger partial charge in [-0.05, 0) is 126 Å². The second kappa shape index (κ2) is 22.8. The van der Waals surface area contributed by atoms with Gasteiger partial charge in [-0.15, -0.1) is 22.7 Å². The fourth-order valence-electron chi connectivity index (χ4n) is 8.27. The van der Waals surface area contributed by atoms with E-state index < -0.39 is 47.2 Å². The number of aromatic nitrogens is 1. The summed E-state index contributed by atoms with van der Waals surface area (Å²) in [5.41, 5.74) is 8.30. The average Bonchev–Trinajstić information content (AvgIpc) is 4.09. The van der Waals surface area contributed by atoms with E-state index in [2.05, 4.69) is 26.1 Å². The topological polar surface area (TPSA) is 221 Å². The number of aliphatic hydroxyl groups excluding tert-OH is 1. The van der Waals surface area contributed by atoms with Crippen molar-refractivity contribution in [2.45, 2.75) is 65.3 Å². The Hall–Kier alpha value is -7.64. The molecule has 7 aromatic rings. The highest BCUT2D eigenvalue weighted by molar-refractivity contribution is 7.22. The number of carbonyl (C=O) groups excluding carboxylic acids is 4. The number of hydrazone groups is 1. The predicted octanol–water partition coefficient (Wildman–Crippen LogP) is 8.73. The monoisotopic (exact) mass is 1020 g/mol. The average molecular weight is 1030 g/mol. The van der Waals surface area contributed by atoms with Gasteiger partial charge in [-0.3, -0.25) is 19.2 Å². The van der Waals surface area contributed by atoms with E-state index in [0.717, 1.165) is 42.2 Å². The Morgan fingerprint density at radius 1 is 0.863 bits per heavy atom. The zero-order valence-corrected chi connectivity index (χ0v) is 42.5. The predicted molar refractivity (Wildman–Crippen MR) is 281 cm³/mol. The van der Waals surface area contributed by atoms with E-state index in [4.69, 9.17) is 14.2 Å². The van der Waals surface area contributed by atoms with Gasteiger partial charge in [-0.1, -0.05) is 51.1 Å². The van der Waals surface area contributed by atoms with Crippen molar-refractivity contribution in [3.8, 4) is 49.6 Å². The first-order chi connectivity index (χ1) is 35.0. The first-order valence-corrected chi connectivity index (χ1v) is 25.3. The van der Waals surface area contributed by atoms with Gasteiger partial charge in [-0.2, -0.15) is 5.10 Å². The summed E-state index contributed by atoms with van der Waals surface area (Å²) in [6, 6.07) is 31.0. The first kappa shape index (κ1) is 51.7. The second-order valence-corrected chi connectivity index (χ2v) is 20.6. The molecule has 8 rings (SSSR count). The van der Waals surface area contributed by atoms with Crippen molar-refractivity contribution in [3.63, 3.8) is 0 Å². The van der Waals surface area contributed by atoms with Crippen LogP contribution in [0.2, 0.25) is 0 Å². The number of amides is 4. The van der Waals surface area contributed by atoms with Gasteiger partial charge in [0.2, 0.25) is 17.7 Å². The number of thiazole rings is 1. The molecule has 0 spiro atoms. The van der Waals surface area contributed by atoms with E-state index in [9.17, 15) is 34.5 Å². The van der Waals surface area contributed by atoms with Crippen molar-refractivity contribution in [2.75, 3.05) is 26.4 Å². The zero-order valence-electron chi connectivity index (χ0n) is 40.8. The molecule has 4 amide bonds. The van der Waals surface area contributed by atoms with Crippen LogP contribution in [0, 0.1) is 12.3 Å². The van der Waals surface area contributed by atoms with Crippen LogP contribution in [0.3, 0.4) is 0 Å². The van der Waals surface area contributed by atoms with Crippen LogP contribution in [-0.4, -0.2) is 99.6 Å². The van der Waals surface area contributed by atoms with Crippen LogP contribution in [-0.2, 0) is 19.1 Å². The van der Waals surface area contributed by atoms with E-state index in [1.165, 1.54) is 22.5 Å². The van der Waals surface area contributed by atoms with E-state index in [1.54, 1.807) is 108 Å². The van der Waals surface area contributed by atoms with Crippen LogP contribution >= 0.6 is 22.7 Å². The van der Waals surface area contributed by atoms with Crippen LogP contribution in [0.25, 0.3) is 31.0 Å². The normalized spacial score (nSPS) is 15.5. The van der Waals surface area contributed by atoms with Crippen molar-refractivity contribution >= 4 is 62.6 Å². The molecule has 1 aliphatic heterocycles. The number of hydrogen-bond acceptors (Lipinski definition) is 14. The molecule has 3 heterocycles. The minimum Gasteiger partial charge on any atom is -0.508 e. The quantitative estimate of drug-likeness (QED) is 0.0271. The van der Waals surface area contributed by atoms with Gasteiger partial charge in [-0.25, -0.2) is 10.4 Å². The third-order valence-corrected chi connectivity index (χ3v) is 14.3. The van der Waals surface area contributed by atoms with Gasteiger partial charge in [0.25, 0.3) is 5.91 Å². The Labute approximate surface area is 430 Å². The van der Waals surface area contributed by atoms with Crippen molar-refractivity contribution in [1.29, 1.82) is 0 Å². The standard InChI is InChI=1S/C55H56N6O10S2/c1-32(35-11-13-36(14-12-35)49-33(2)56-31-72-49)58-53(67)45-26-41(64)29-61(45)54(68)51(55(3,4)5)59-47(65)30-69-23-24-70-42-20-9-34(10-21-42)28-57-60-52(66)38-7-6-8-43(25-38)71-48-44-22-19-40(63)27-46(44)73-50(48)37-15-17-39(62)18-16-37/h6-22,25,27-28,31-32,41,45,51,62-64H,23-24,26,29-30H2,1-5H3,(H,58,67)(H,59,65)(H,60,66). The summed E-state index contributed by atoms with van der Waals surface area (Å²) in [6.07, 6.45) is 0.656. The molecule has 0 radical (unpaired) electrons. The number of thiophene rings is 1. The maximum Gasteiger partial charge on any atom is 0.271 e. The molecule has 1 aliphatic rings. The molecule has 0 saturated carbocycles. The number of phenolic OH excluding ortho intramolecular Hbond substituents is 2. The van der Waals surface area contributed by atoms with Gasteiger partial charge >= 0.3 is 0 Å². The largest absolute Gasteiger partial charge is 0.508 e. The Morgan fingerprint density at radius 3 is 2.29 bits per heavy atom. The van der Waals surface area contributed by atoms with Gasteiger partial charge in [0.15, 0.2) is 5.75 Å². The molecule has 378 valence electrons. The van der Waals surface area contributed by atoms with Crippen LogP contribution in [0.5, 0.6) is 28.7 Å². The van der Waals surface area contributed by atoms with Crippen molar-refractivity contribution in [1.82, 2.24) is 25.9 Å². The van der Waals surface area contributed by atoms with E-state index in [-0.39, 0.29) is 50.3 Å². The molecule has 18 heteroatoms. The number of aryl methyl sites for hydroxylation is 1. The number of rotatable bonds is 18. The number of nitrogens with one attached hydrogen (secondary N) is 3. The highest BCUT2D eigenvalue weighted by Gasteiger charge is 2.44. The Morgan fingerprint density at radius 2 is 1.58 bits per heavy atom. The van der Waals surface area contributed by atoms with Gasteiger partial charge < -0.3 is 45.1 Å². The fourth-order valence-corrected chi connectivity index (χ4v) is 10.2. The van der Waals surface area contributed by atoms with Gasteiger partial charge in [0.1, 0.15) is 48.3 Å². The molecule has 73 heavy (non-hydrogen) atoms. The molecule has 0 aliphatic carbocycles. The number of aliphatic hydroxyl groups is 1. The number of ether oxygens (including phenoxy) is 3. The lowest BCUT2D eigenvalue weighted by molar-refractivity contribution is -0.144. The highest BCUT2D eigenvalue weighted by atomic mass is 32.1. The summed E-state index contributed by atoms with van der Waals surface area (Å²) in [7, 11) is 0. The number of fused-ring (bicyclic) bond motifs is 1. The number of aromatic hydroxyl groups is 2. The lowest BCUT2D eigenvalue weighted by atomic mass is 9.85. The van der Waals surface area contributed by atoms with E-state index in [1.807, 2.05) is 58.9 Å². The molecular weight excluding hydrogens is 969 g/mol. The molecule has 0 bridgehead atoms. The van der Waals surface area contributed by atoms with Crippen LogP contribution in [0.4, 0.5) is 0 Å². The van der Waals surface area contributed by atoms with Crippen molar-refractivity contribution in [3.05, 3.63) is 143 Å². The minimum atomic E-state index is -1.01. The molecule has 6 N–H and O–H groups in total. The summed E-state index contributed by atoms with van der Waals surface area (Å²) in [5.74, 6) is -0.0822. The summed E-state index contributed by atoms with van der Waals surface area (Å²) < 4.78 is 18.6. The van der Waals surface area contributed by atoms with Crippen LogP contribution < -0.4 is 25.5 Å². The molecule has 1 fully saturated rings. The fraction of sp³-hybridized carbons (Fsp3) is 0.273. The zero-order chi connectivity index (χ0) is 51.8. The molecular formula is C55H56N6O10S2. The summed E-state index contributed by atoms with van der Waals surface area (Å²) >= 11 is 3.00. The van der Waals surface area contributed by atoms with Crippen molar-refractivity contribution in [2.24, 2.45) is 10.5 Å². The lowest BCUT2D eigenvalue weighted by Crippen LogP contribution is -2.58. The minimum absolute atomic E-state index is 0.0451. The van der Waals surface area contributed by atoms with Crippen LogP contribution in [0.15, 0.2) is 126 Å². The third-order valence-electron chi connectivity index (χ3n) is 12.1. The lowest BCUT2D eigenvalue weighted by Gasteiger charge is -2.35. The molecule has 2 aromatic heterocycles. The number of phenols is 2. The summed E-state index contributed by atoms with van der Waals surface area (Å²) in [4.78, 5) is 61.6. The molecule has 5 aromatic carbocycles. The molecule has 1 saturated heterocycles. The molecule has 4 unspecified atom stereocenters. The Kier molecular flexibility index (Phi) is 16.2. The Balaban J connectivity index is 0.777. The number of likely N-dealkylation sites (tertiary alicyclic amines) is 1. The maximum absolute atomic E-state index is 14.1. The molecule has 16 nitrogen and oxygen atoms in total. The maximum atomic E-state index is 14.1. The van der Waals surface area contributed by atoms with E-state index >= 15 is 0 Å². The number of carbonyl (C=O) groups is 4. The SMILES string of the molecule is Cc1ncsc1-c1ccc(C(C)NC(=O)C2CC(O)CN2C(=O)C(NC(=O)COCCOc2ccc(C=NNC(=O)c3cccc(Oc4c(-c5ccc(O)cc5)sc5cc(O)ccc45)c3)cc2)C(C)(C)C)cc1. The number of hydrogen-bond donors (Lipinski definition) is 6. The molecule has 4 atom stereocenters. The smallest absolute Gasteiger partial charge is 0.271 e. The first-order valence-electron chi connectivity index (χ1n) is 23.6.